The number of methoxy groups -OCH3 is 1. The van der Waals surface area contributed by atoms with Crippen molar-refractivity contribution in [3.05, 3.63) is 63.1 Å². The van der Waals surface area contributed by atoms with Crippen molar-refractivity contribution in [3.63, 3.8) is 0 Å². The van der Waals surface area contributed by atoms with Crippen LogP contribution in [0.3, 0.4) is 0 Å². The van der Waals surface area contributed by atoms with E-state index in [1.54, 1.807) is 22.3 Å². The molecular weight excluding hydrogens is 366 g/mol. The molecule has 27 heavy (non-hydrogen) atoms. The van der Waals surface area contributed by atoms with Gasteiger partial charge >= 0.3 is 5.69 Å². The zero-order chi connectivity index (χ0) is 19.0. The lowest BCUT2D eigenvalue weighted by Gasteiger charge is -2.23. The highest BCUT2D eigenvalue weighted by Crippen LogP contribution is 2.38. The average molecular weight is 383 g/mol. The van der Waals surface area contributed by atoms with Crippen LogP contribution in [0.15, 0.2) is 42.5 Å². The lowest BCUT2D eigenvalue weighted by molar-refractivity contribution is -0.385. The summed E-state index contributed by atoms with van der Waals surface area (Å²) < 4.78 is 6.11. The van der Waals surface area contributed by atoms with Crippen molar-refractivity contribution >= 4 is 33.1 Å². The van der Waals surface area contributed by atoms with Crippen LogP contribution in [0.25, 0.3) is 10.2 Å². The molecule has 0 unspecified atom stereocenters. The van der Waals surface area contributed by atoms with Gasteiger partial charge in [-0.3, -0.25) is 14.9 Å². The molecule has 1 aliphatic heterocycles. The van der Waals surface area contributed by atoms with E-state index < -0.39 is 4.92 Å². The van der Waals surface area contributed by atoms with E-state index in [4.69, 9.17) is 9.72 Å². The Morgan fingerprint density at radius 1 is 1.33 bits per heavy atom. The fraction of sp³-hybridized carbons (Fsp3) is 0.263. The maximum absolute atomic E-state index is 13.1. The summed E-state index contributed by atoms with van der Waals surface area (Å²) in [6.07, 6.45) is 1.72. The molecule has 0 aliphatic carbocycles. The Morgan fingerprint density at radius 3 is 2.89 bits per heavy atom. The van der Waals surface area contributed by atoms with Crippen LogP contribution >= 0.6 is 11.3 Å². The van der Waals surface area contributed by atoms with Crippen LogP contribution < -0.4 is 4.74 Å². The largest absolute Gasteiger partial charge is 0.490 e. The van der Waals surface area contributed by atoms with E-state index in [9.17, 15) is 14.9 Å². The second kappa shape index (κ2) is 6.96. The number of hydrogen-bond acceptors (Lipinski definition) is 6. The number of para-hydroxylation sites is 1. The summed E-state index contributed by atoms with van der Waals surface area (Å²) in [7, 11) is 1.37. The number of nitro groups is 1. The van der Waals surface area contributed by atoms with Crippen LogP contribution in [-0.4, -0.2) is 34.4 Å². The SMILES string of the molecule is COc1ccc(C(=O)N2CCC[C@H]2c2nc3ccccc3s2)cc1[N+](=O)[O-]. The van der Waals surface area contributed by atoms with Gasteiger partial charge in [-0.2, -0.15) is 0 Å². The molecule has 0 bridgehead atoms. The van der Waals surface area contributed by atoms with Crippen LogP contribution in [0.4, 0.5) is 5.69 Å². The fourth-order valence-corrected chi connectivity index (χ4v) is 4.55. The van der Waals surface area contributed by atoms with E-state index >= 15 is 0 Å². The van der Waals surface area contributed by atoms with Gasteiger partial charge in [0.2, 0.25) is 0 Å². The summed E-state index contributed by atoms with van der Waals surface area (Å²) in [4.78, 5) is 30.2. The lowest BCUT2D eigenvalue weighted by atomic mass is 10.1. The average Bonchev–Trinajstić information content (AvgIpc) is 3.33. The van der Waals surface area contributed by atoms with Gasteiger partial charge in [-0.05, 0) is 37.1 Å². The summed E-state index contributed by atoms with van der Waals surface area (Å²) in [6.45, 7) is 0.610. The fourth-order valence-electron chi connectivity index (χ4n) is 3.43. The van der Waals surface area contributed by atoms with E-state index in [0.717, 1.165) is 28.1 Å². The first-order chi connectivity index (χ1) is 13.1. The van der Waals surface area contributed by atoms with Gasteiger partial charge in [-0.25, -0.2) is 4.98 Å². The number of carbonyl (C=O) groups is 1. The second-order valence-corrected chi connectivity index (χ2v) is 7.38. The van der Waals surface area contributed by atoms with Crippen LogP contribution in [-0.2, 0) is 0 Å². The number of benzene rings is 2. The minimum absolute atomic E-state index is 0.101. The molecule has 0 spiro atoms. The molecule has 1 saturated heterocycles. The third-order valence-corrected chi connectivity index (χ3v) is 5.87. The first-order valence-electron chi connectivity index (χ1n) is 8.57. The monoisotopic (exact) mass is 383 g/mol. The smallest absolute Gasteiger partial charge is 0.311 e. The van der Waals surface area contributed by atoms with Gasteiger partial charge in [0.05, 0.1) is 28.3 Å². The maximum Gasteiger partial charge on any atom is 0.311 e. The van der Waals surface area contributed by atoms with Crippen molar-refractivity contribution in [2.45, 2.75) is 18.9 Å². The Morgan fingerprint density at radius 2 is 2.15 bits per heavy atom. The Kier molecular flexibility index (Phi) is 4.49. The number of ether oxygens (including phenoxy) is 1. The summed E-state index contributed by atoms with van der Waals surface area (Å²) in [5, 5.41) is 12.2. The topological polar surface area (TPSA) is 85.6 Å². The van der Waals surface area contributed by atoms with Crippen LogP contribution in [0.5, 0.6) is 5.75 Å². The number of nitrogens with zero attached hydrogens (tertiary/aromatic N) is 3. The molecule has 2 heterocycles. The van der Waals surface area contributed by atoms with Crippen molar-refractivity contribution in [3.8, 4) is 5.75 Å². The molecule has 1 aromatic heterocycles. The van der Waals surface area contributed by atoms with E-state index in [0.29, 0.717) is 6.54 Å². The lowest BCUT2D eigenvalue weighted by Crippen LogP contribution is -2.30. The molecule has 8 heteroatoms. The quantitative estimate of drug-likeness (QED) is 0.498. The molecule has 0 N–H and O–H groups in total. The van der Waals surface area contributed by atoms with Crippen LogP contribution in [0, 0.1) is 10.1 Å². The van der Waals surface area contributed by atoms with Crippen molar-refractivity contribution in [1.82, 2.24) is 9.88 Å². The predicted molar refractivity (Wildman–Crippen MR) is 102 cm³/mol. The highest BCUT2D eigenvalue weighted by atomic mass is 32.1. The second-order valence-electron chi connectivity index (χ2n) is 6.32. The Labute approximate surface area is 159 Å². The third kappa shape index (κ3) is 3.12. The Balaban J connectivity index is 1.66. The molecule has 4 rings (SSSR count). The Hall–Kier alpha value is -3.00. The first-order valence-corrected chi connectivity index (χ1v) is 9.39. The summed E-state index contributed by atoms with van der Waals surface area (Å²) in [5.74, 6) is -0.0804. The summed E-state index contributed by atoms with van der Waals surface area (Å²) >= 11 is 1.59. The molecule has 138 valence electrons. The van der Waals surface area contributed by atoms with Gasteiger partial charge < -0.3 is 9.64 Å². The van der Waals surface area contributed by atoms with E-state index in [-0.39, 0.29) is 28.9 Å². The molecule has 2 aromatic carbocycles. The number of fused-ring (bicyclic) bond motifs is 1. The zero-order valence-corrected chi connectivity index (χ0v) is 15.4. The molecule has 1 fully saturated rings. The standard InChI is InChI=1S/C19H17N3O4S/c1-26-16-9-8-12(11-15(16)22(24)25)19(23)21-10-4-6-14(21)18-20-13-5-2-3-7-17(13)27-18/h2-3,5,7-9,11,14H,4,6,10H2,1H3/t14-/m0/s1. The molecular formula is C19H17N3O4S. The minimum Gasteiger partial charge on any atom is -0.490 e. The van der Waals surface area contributed by atoms with Gasteiger partial charge in [0.1, 0.15) is 5.01 Å². The van der Waals surface area contributed by atoms with Gasteiger partial charge in [0.25, 0.3) is 5.91 Å². The number of hydrogen-bond donors (Lipinski definition) is 0. The predicted octanol–water partition coefficient (Wildman–Crippen LogP) is 4.19. The van der Waals surface area contributed by atoms with E-state index in [2.05, 4.69) is 0 Å². The number of thiazole rings is 1. The number of amides is 1. The number of likely N-dealkylation sites (tertiary alicyclic amines) is 1. The first kappa shape index (κ1) is 17.4. The van der Waals surface area contributed by atoms with Crippen LogP contribution in [0.1, 0.15) is 34.2 Å². The summed E-state index contributed by atoms with van der Waals surface area (Å²) in [5.41, 5.74) is 1.01. The molecule has 0 radical (unpaired) electrons. The summed E-state index contributed by atoms with van der Waals surface area (Å²) in [6, 6.07) is 12.1. The minimum atomic E-state index is -0.537. The van der Waals surface area contributed by atoms with E-state index in [1.807, 2.05) is 24.3 Å². The number of carbonyl (C=O) groups excluding carboxylic acids is 1. The van der Waals surface area contributed by atoms with Crippen molar-refractivity contribution in [2.75, 3.05) is 13.7 Å². The molecule has 7 nitrogen and oxygen atoms in total. The van der Waals surface area contributed by atoms with Crippen molar-refractivity contribution in [2.24, 2.45) is 0 Å². The zero-order valence-electron chi connectivity index (χ0n) is 14.6. The highest BCUT2D eigenvalue weighted by molar-refractivity contribution is 7.18. The molecule has 1 atom stereocenters. The normalized spacial score (nSPS) is 16.6. The molecule has 3 aromatic rings. The van der Waals surface area contributed by atoms with Crippen molar-refractivity contribution < 1.29 is 14.5 Å². The highest BCUT2D eigenvalue weighted by Gasteiger charge is 2.33. The maximum atomic E-state index is 13.1. The van der Waals surface area contributed by atoms with E-state index in [1.165, 1.54) is 19.2 Å². The molecule has 1 amide bonds. The van der Waals surface area contributed by atoms with Gasteiger partial charge in [-0.15, -0.1) is 11.3 Å². The number of aromatic nitrogens is 1. The number of rotatable bonds is 4. The Bertz CT molecular complexity index is 1000. The van der Waals surface area contributed by atoms with Gasteiger partial charge in [-0.1, -0.05) is 12.1 Å². The van der Waals surface area contributed by atoms with Crippen molar-refractivity contribution in [1.29, 1.82) is 0 Å². The van der Waals surface area contributed by atoms with Gasteiger partial charge in [0.15, 0.2) is 5.75 Å². The molecule has 0 saturated carbocycles. The third-order valence-electron chi connectivity index (χ3n) is 4.73. The van der Waals surface area contributed by atoms with Crippen LogP contribution in [0.2, 0.25) is 0 Å². The van der Waals surface area contributed by atoms with Gasteiger partial charge in [0, 0.05) is 18.2 Å². The molecule has 1 aliphatic rings. The number of nitro benzene ring substituents is 1.